The van der Waals surface area contributed by atoms with Crippen LogP contribution in [-0.2, 0) is 13.1 Å². The van der Waals surface area contributed by atoms with Crippen molar-refractivity contribution < 1.29 is 0 Å². The number of nitrogens with zero attached hydrogens (tertiary/aromatic N) is 2. The summed E-state index contributed by atoms with van der Waals surface area (Å²) in [6.07, 6.45) is 10.1. The molecule has 0 spiro atoms. The first kappa shape index (κ1) is 15.2. The quantitative estimate of drug-likeness (QED) is 0.643. The van der Waals surface area contributed by atoms with Gasteiger partial charge in [-0.15, -0.1) is 0 Å². The van der Waals surface area contributed by atoms with Crippen LogP contribution in [0.5, 0.6) is 0 Å². The van der Waals surface area contributed by atoms with E-state index in [0.29, 0.717) is 0 Å². The maximum absolute atomic E-state index is 4.48. The third kappa shape index (κ3) is 5.21. The van der Waals surface area contributed by atoms with Crippen molar-refractivity contribution in [2.45, 2.75) is 72.4 Å². The minimum absolute atomic E-state index is 0.943. The summed E-state index contributed by atoms with van der Waals surface area (Å²) in [6.45, 7) is 9.61. The van der Waals surface area contributed by atoms with E-state index in [9.17, 15) is 0 Å². The Morgan fingerprint density at radius 2 is 1.83 bits per heavy atom. The normalized spacial score (nSPS) is 11.1. The van der Waals surface area contributed by atoms with Crippen molar-refractivity contribution in [1.82, 2.24) is 15.1 Å². The highest BCUT2D eigenvalue weighted by Crippen LogP contribution is 2.10. The first-order chi connectivity index (χ1) is 8.79. The van der Waals surface area contributed by atoms with Gasteiger partial charge in [-0.25, -0.2) is 0 Å². The molecule has 1 N–H and O–H groups in total. The lowest BCUT2D eigenvalue weighted by atomic mass is 10.1. The summed E-state index contributed by atoms with van der Waals surface area (Å²) in [4.78, 5) is 0. The van der Waals surface area contributed by atoms with Crippen molar-refractivity contribution in [3.63, 3.8) is 0 Å². The van der Waals surface area contributed by atoms with E-state index in [-0.39, 0.29) is 0 Å². The summed E-state index contributed by atoms with van der Waals surface area (Å²) >= 11 is 0. The Morgan fingerprint density at radius 1 is 1.11 bits per heavy atom. The fourth-order valence-electron chi connectivity index (χ4n) is 2.19. The largest absolute Gasteiger partial charge is 0.313 e. The van der Waals surface area contributed by atoms with E-state index in [2.05, 4.69) is 35.9 Å². The van der Waals surface area contributed by atoms with Gasteiger partial charge in [0.05, 0.1) is 6.20 Å². The van der Waals surface area contributed by atoms with Gasteiger partial charge in [0.2, 0.25) is 0 Å². The summed E-state index contributed by atoms with van der Waals surface area (Å²) in [5, 5.41) is 7.84. The molecule has 1 aromatic heterocycles. The molecule has 0 aromatic carbocycles. The van der Waals surface area contributed by atoms with Crippen molar-refractivity contribution in [1.29, 1.82) is 0 Å². The molecule has 1 heterocycles. The SMILES string of the molecule is CCCCCCCCn1ncc(CNCC)c1C. The maximum atomic E-state index is 4.48. The third-order valence-corrected chi connectivity index (χ3v) is 3.49. The highest BCUT2D eigenvalue weighted by atomic mass is 15.3. The van der Waals surface area contributed by atoms with E-state index < -0.39 is 0 Å². The average Bonchev–Trinajstić information content (AvgIpc) is 2.72. The lowest BCUT2D eigenvalue weighted by molar-refractivity contribution is 0.519. The fraction of sp³-hybridized carbons (Fsp3) is 0.800. The van der Waals surface area contributed by atoms with Crippen LogP contribution in [0.25, 0.3) is 0 Å². The van der Waals surface area contributed by atoms with Crippen LogP contribution in [0.2, 0.25) is 0 Å². The lowest BCUT2D eigenvalue weighted by Gasteiger charge is -2.06. The second kappa shape index (κ2) is 9.15. The van der Waals surface area contributed by atoms with Gasteiger partial charge in [0, 0.05) is 24.3 Å². The Labute approximate surface area is 112 Å². The van der Waals surface area contributed by atoms with Gasteiger partial charge in [-0.05, 0) is 19.9 Å². The predicted molar refractivity (Wildman–Crippen MR) is 77.7 cm³/mol. The van der Waals surface area contributed by atoms with E-state index in [1.54, 1.807) is 0 Å². The molecule has 3 nitrogen and oxygen atoms in total. The number of unbranched alkanes of at least 4 members (excludes halogenated alkanes) is 5. The zero-order valence-electron chi connectivity index (χ0n) is 12.3. The molecule has 0 aliphatic rings. The van der Waals surface area contributed by atoms with E-state index in [4.69, 9.17) is 0 Å². The molecule has 0 saturated heterocycles. The van der Waals surface area contributed by atoms with E-state index in [0.717, 1.165) is 19.6 Å². The summed E-state index contributed by atoms with van der Waals surface area (Å²) in [5.74, 6) is 0. The molecule has 0 atom stereocenters. The minimum Gasteiger partial charge on any atom is -0.313 e. The Balaban J connectivity index is 2.23. The van der Waals surface area contributed by atoms with Crippen LogP contribution in [0, 0.1) is 6.92 Å². The van der Waals surface area contributed by atoms with Crippen LogP contribution in [-0.4, -0.2) is 16.3 Å². The molecular weight excluding hydrogens is 222 g/mol. The van der Waals surface area contributed by atoms with Crippen molar-refractivity contribution in [2.24, 2.45) is 0 Å². The molecule has 3 heteroatoms. The molecule has 0 fully saturated rings. The van der Waals surface area contributed by atoms with Crippen LogP contribution in [0.1, 0.15) is 63.6 Å². The third-order valence-electron chi connectivity index (χ3n) is 3.49. The second-order valence-electron chi connectivity index (χ2n) is 5.03. The van der Waals surface area contributed by atoms with Crippen molar-refractivity contribution in [2.75, 3.05) is 6.54 Å². The van der Waals surface area contributed by atoms with Crippen molar-refractivity contribution in [3.05, 3.63) is 17.5 Å². The molecule has 0 aliphatic heterocycles. The first-order valence-electron chi connectivity index (χ1n) is 7.51. The summed E-state index contributed by atoms with van der Waals surface area (Å²) in [7, 11) is 0. The number of aromatic nitrogens is 2. The van der Waals surface area contributed by atoms with Crippen LogP contribution in [0.3, 0.4) is 0 Å². The summed E-state index contributed by atoms with van der Waals surface area (Å²) in [5.41, 5.74) is 2.66. The molecule has 1 rings (SSSR count). The molecule has 104 valence electrons. The van der Waals surface area contributed by atoms with Crippen LogP contribution in [0.15, 0.2) is 6.20 Å². The Morgan fingerprint density at radius 3 is 2.56 bits per heavy atom. The number of hydrogen-bond donors (Lipinski definition) is 1. The first-order valence-corrected chi connectivity index (χ1v) is 7.51. The van der Waals surface area contributed by atoms with Crippen LogP contribution in [0.4, 0.5) is 0 Å². The van der Waals surface area contributed by atoms with Gasteiger partial charge in [0.15, 0.2) is 0 Å². The number of aryl methyl sites for hydroxylation is 1. The molecule has 0 aliphatic carbocycles. The van der Waals surface area contributed by atoms with Gasteiger partial charge in [0.1, 0.15) is 0 Å². The smallest absolute Gasteiger partial charge is 0.0537 e. The van der Waals surface area contributed by atoms with Crippen molar-refractivity contribution in [3.8, 4) is 0 Å². The minimum atomic E-state index is 0.943. The Hall–Kier alpha value is -0.830. The van der Waals surface area contributed by atoms with E-state index >= 15 is 0 Å². The highest BCUT2D eigenvalue weighted by Gasteiger charge is 2.05. The predicted octanol–water partition coefficient (Wildman–Crippen LogP) is 3.66. The van der Waals surface area contributed by atoms with Gasteiger partial charge < -0.3 is 5.32 Å². The maximum Gasteiger partial charge on any atom is 0.0537 e. The Kier molecular flexibility index (Phi) is 7.74. The van der Waals surface area contributed by atoms with E-state index in [1.807, 2.05) is 6.20 Å². The second-order valence-corrected chi connectivity index (χ2v) is 5.03. The molecule has 1 aromatic rings. The molecule has 18 heavy (non-hydrogen) atoms. The molecule has 0 amide bonds. The standard InChI is InChI=1S/C15H29N3/c1-4-6-7-8-9-10-11-18-14(3)15(13-17-18)12-16-5-2/h13,16H,4-12H2,1-3H3. The highest BCUT2D eigenvalue weighted by molar-refractivity contribution is 5.15. The van der Waals surface area contributed by atoms with Crippen molar-refractivity contribution >= 4 is 0 Å². The van der Waals surface area contributed by atoms with Gasteiger partial charge in [-0.2, -0.15) is 5.10 Å². The molecule has 0 saturated carbocycles. The van der Waals surface area contributed by atoms with Gasteiger partial charge in [0.25, 0.3) is 0 Å². The average molecular weight is 251 g/mol. The molecule has 0 unspecified atom stereocenters. The van der Waals surface area contributed by atoms with E-state index in [1.165, 1.54) is 49.8 Å². The lowest BCUT2D eigenvalue weighted by Crippen LogP contribution is -2.12. The molecule has 0 radical (unpaired) electrons. The van der Waals surface area contributed by atoms with Gasteiger partial charge in [-0.3, -0.25) is 4.68 Å². The monoisotopic (exact) mass is 251 g/mol. The van der Waals surface area contributed by atoms with Gasteiger partial charge in [-0.1, -0.05) is 46.0 Å². The Bertz CT molecular complexity index is 318. The molecular formula is C15H29N3. The molecule has 0 bridgehead atoms. The zero-order chi connectivity index (χ0) is 13.2. The summed E-state index contributed by atoms with van der Waals surface area (Å²) in [6, 6.07) is 0. The zero-order valence-corrected chi connectivity index (χ0v) is 12.3. The van der Waals surface area contributed by atoms with Gasteiger partial charge >= 0.3 is 0 Å². The number of rotatable bonds is 10. The fourth-order valence-corrected chi connectivity index (χ4v) is 2.19. The summed E-state index contributed by atoms with van der Waals surface area (Å²) < 4.78 is 2.16. The number of hydrogen-bond acceptors (Lipinski definition) is 2. The van der Waals surface area contributed by atoms with Crippen LogP contribution >= 0.6 is 0 Å². The topological polar surface area (TPSA) is 29.9 Å². The van der Waals surface area contributed by atoms with Crippen LogP contribution < -0.4 is 5.32 Å². The number of nitrogens with one attached hydrogen (secondary N) is 1.